The van der Waals surface area contributed by atoms with E-state index in [1.807, 2.05) is 0 Å². The third-order valence-electron chi connectivity index (χ3n) is 6.13. The van der Waals surface area contributed by atoms with Gasteiger partial charge in [-0.2, -0.15) is 22.8 Å². The smallest absolute Gasteiger partial charge is 0.321 e. The number of nitriles is 1. The summed E-state index contributed by atoms with van der Waals surface area (Å²) in [4.78, 5) is 21.5. The Balaban J connectivity index is 1.97. The summed E-state index contributed by atoms with van der Waals surface area (Å²) in [5, 5.41) is 9.52. The lowest BCUT2D eigenvalue weighted by molar-refractivity contribution is -0.144. The normalized spacial score (nSPS) is 19.1. The van der Waals surface area contributed by atoms with Crippen LogP contribution >= 0.6 is 0 Å². The predicted molar refractivity (Wildman–Crippen MR) is 119 cm³/mol. The van der Waals surface area contributed by atoms with Crippen LogP contribution in [0.15, 0.2) is 32.0 Å². The van der Waals surface area contributed by atoms with Crippen molar-refractivity contribution in [1.29, 1.82) is 5.26 Å². The van der Waals surface area contributed by atoms with Crippen molar-refractivity contribution in [2.75, 3.05) is 5.75 Å². The minimum Gasteiger partial charge on any atom is -0.321 e. The highest BCUT2D eigenvalue weighted by molar-refractivity contribution is 7.90. The molecule has 0 bridgehead atoms. The summed E-state index contributed by atoms with van der Waals surface area (Å²) < 4.78 is 71.1. The average Bonchev–Trinajstić information content (AvgIpc) is 3.50. The molecule has 1 aliphatic heterocycles. The number of rotatable bonds is 5. The molecule has 2 aromatic rings. The fourth-order valence-electron chi connectivity index (χ4n) is 4.02. The van der Waals surface area contributed by atoms with Gasteiger partial charge in [-0.25, -0.2) is 13.4 Å². The molecule has 9 nitrogen and oxygen atoms in total. The molecular formula is C21H21F3N6O3S. The van der Waals surface area contributed by atoms with E-state index in [9.17, 15) is 31.6 Å². The van der Waals surface area contributed by atoms with Gasteiger partial charge in [0.15, 0.2) is 5.82 Å². The number of aromatic nitrogens is 3. The number of aryl methyl sites for hydroxylation is 1. The number of pyridine rings is 1. The van der Waals surface area contributed by atoms with E-state index in [-0.39, 0.29) is 47.0 Å². The summed E-state index contributed by atoms with van der Waals surface area (Å²) in [6.07, 6.45) is -2.03. The molecule has 0 spiro atoms. The Hall–Kier alpha value is -3.27. The van der Waals surface area contributed by atoms with E-state index in [4.69, 9.17) is 0 Å². The van der Waals surface area contributed by atoms with Crippen LogP contribution in [0.2, 0.25) is 0 Å². The maximum absolute atomic E-state index is 13.5. The number of alkyl halides is 3. The molecule has 13 heteroatoms. The third kappa shape index (κ3) is 3.85. The van der Waals surface area contributed by atoms with Crippen molar-refractivity contribution in [3.05, 3.63) is 39.7 Å². The molecule has 2 aromatic heterocycles. The first-order chi connectivity index (χ1) is 15.9. The number of halogens is 3. The molecular weight excluding hydrogens is 473 g/mol. The minimum absolute atomic E-state index is 0.0104. The largest absolute Gasteiger partial charge is 0.431 e. The van der Waals surface area contributed by atoms with Crippen molar-refractivity contribution in [1.82, 2.24) is 14.1 Å². The molecule has 180 valence electrons. The highest BCUT2D eigenvalue weighted by Crippen LogP contribution is 2.53. The van der Waals surface area contributed by atoms with Crippen LogP contribution in [0.25, 0.3) is 11.0 Å². The van der Waals surface area contributed by atoms with Crippen LogP contribution in [0, 0.1) is 16.7 Å². The van der Waals surface area contributed by atoms with Crippen molar-refractivity contribution in [2.24, 2.45) is 21.9 Å². The Morgan fingerprint density at radius 1 is 1.29 bits per heavy atom. The first kappa shape index (κ1) is 23.9. The molecule has 0 atom stereocenters. The Labute approximate surface area is 193 Å². The Morgan fingerprint density at radius 3 is 2.50 bits per heavy atom. The van der Waals surface area contributed by atoms with Gasteiger partial charge in [-0.05, 0) is 38.3 Å². The van der Waals surface area contributed by atoms with E-state index >= 15 is 0 Å². The number of hydrogen-bond donors (Lipinski definition) is 0. The molecule has 0 N–H and O–H groups in total. The second-order valence-corrected chi connectivity index (χ2v) is 10.1. The maximum atomic E-state index is 13.5. The molecule has 3 heterocycles. The van der Waals surface area contributed by atoms with E-state index in [0.717, 1.165) is 6.07 Å². The molecule has 0 unspecified atom stereocenters. The zero-order chi connectivity index (χ0) is 25.1. The minimum atomic E-state index is -4.77. The van der Waals surface area contributed by atoms with Gasteiger partial charge in [-0.3, -0.25) is 9.79 Å². The quantitative estimate of drug-likeness (QED) is 0.633. The summed E-state index contributed by atoms with van der Waals surface area (Å²) in [6.45, 7) is 2.66. The second kappa shape index (κ2) is 7.90. The van der Waals surface area contributed by atoms with Gasteiger partial charge in [-0.1, -0.05) is 0 Å². The van der Waals surface area contributed by atoms with Crippen LogP contribution in [-0.2, 0) is 29.8 Å². The lowest BCUT2D eigenvalue weighted by atomic mass is 9.90. The van der Waals surface area contributed by atoms with Crippen molar-refractivity contribution < 1.29 is 21.6 Å². The van der Waals surface area contributed by atoms with Crippen molar-refractivity contribution in [3.8, 4) is 6.07 Å². The fraction of sp³-hybridized carbons (Fsp3) is 0.476. The maximum Gasteiger partial charge on any atom is 0.431 e. The van der Waals surface area contributed by atoms with E-state index in [1.165, 1.54) is 31.7 Å². The van der Waals surface area contributed by atoms with Crippen LogP contribution < -0.4 is 5.56 Å². The number of allylic oxidation sites excluding steroid dienone is 1. The van der Waals surface area contributed by atoms with Crippen LogP contribution in [0.3, 0.4) is 0 Å². The van der Waals surface area contributed by atoms with Crippen LogP contribution in [0.1, 0.15) is 44.6 Å². The van der Waals surface area contributed by atoms with E-state index < -0.39 is 32.9 Å². The molecule has 0 radical (unpaired) electrons. The standard InChI is InChI=1S/C21H21F3N6O3S/c1-4-30-15(21(22,23)24)9-14-17(19(30)31)29(3)18(27-14)16-13(28-34(32,33)5-2)8-12(10-26-16)20(11-25)6-7-20/h9-10H,4-8H2,1-3H3. The zero-order valence-electron chi connectivity index (χ0n) is 18.6. The van der Waals surface area contributed by atoms with Crippen molar-refractivity contribution in [2.45, 2.75) is 45.8 Å². The van der Waals surface area contributed by atoms with Gasteiger partial charge in [-0.15, -0.1) is 0 Å². The van der Waals surface area contributed by atoms with E-state index in [0.29, 0.717) is 23.0 Å². The molecule has 0 saturated heterocycles. The number of aliphatic imine (C=N–C) groups is 1. The molecule has 2 aliphatic rings. The predicted octanol–water partition coefficient (Wildman–Crippen LogP) is 2.94. The number of imidazole rings is 1. The van der Waals surface area contributed by atoms with Gasteiger partial charge in [0.25, 0.3) is 15.6 Å². The van der Waals surface area contributed by atoms with Crippen molar-refractivity contribution >= 4 is 32.5 Å². The lowest BCUT2D eigenvalue weighted by Crippen LogP contribution is -2.29. The van der Waals surface area contributed by atoms with Gasteiger partial charge < -0.3 is 9.13 Å². The van der Waals surface area contributed by atoms with Crippen LogP contribution in [0.5, 0.6) is 0 Å². The number of fused-ring (bicyclic) bond motifs is 1. The highest BCUT2D eigenvalue weighted by Gasteiger charge is 2.48. The third-order valence-corrected chi connectivity index (χ3v) is 7.35. The van der Waals surface area contributed by atoms with E-state index in [1.54, 1.807) is 0 Å². The average molecular weight is 494 g/mol. The van der Waals surface area contributed by atoms with Gasteiger partial charge in [0.05, 0.1) is 28.5 Å². The molecule has 34 heavy (non-hydrogen) atoms. The first-order valence-electron chi connectivity index (χ1n) is 10.6. The van der Waals surface area contributed by atoms with E-state index in [2.05, 4.69) is 20.4 Å². The Kier molecular flexibility index (Phi) is 5.55. The summed E-state index contributed by atoms with van der Waals surface area (Å²) in [5.74, 6) is -0.263. The van der Waals surface area contributed by atoms with Gasteiger partial charge in [0.1, 0.15) is 16.9 Å². The molecule has 1 fully saturated rings. The molecule has 1 saturated carbocycles. The van der Waals surface area contributed by atoms with Gasteiger partial charge in [0, 0.05) is 26.2 Å². The van der Waals surface area contributed by atoms with Gasteiger partial charge in [0.2, 0.25) is 0 Å². The molecule has 1 aliphatic carbocycles. The monoisotopic (exact) mass is 494 g/mol. The number of nitrogens with zero attached hydrogens (tertiary/aromatic N) is 6. The first-order valence-corrected chi connectivity index (χ1v) is 12.2. The fourth-order valence-corrected chi connectivity index (χ4v) is 4.64. The summed E-state index contributed by atoms with van der Waals surface area (Å²) in [5.41, 5.74) is -2.29. The Morgan fingerprint density at radius 2 is 1.97 bits per heavy atom. The van der Waals surface area contributed by atoms with Crippen LogP contribution in [-0.4, -0.2) is 39.7 Å². The molecule has 0 amide bonds. The van der Waals surface area contributed by atoms with Gasteiger partial charge >= 0.3 is 6.18 Å². The molecule has 4 rings (SSSR count). The lowest BCUT2D eigenvalue weighted by Gasteiger charge is -2.18. The zero-order valence-corrected chi connectivity index (χ0v) is 19.5. The van der Waals surface area contributed by atoms with Crippen molar-refractivity contribution in [3.63, 3.8) is 0 Å². The number of hydrogen-bond acceptors (Lipinski definition) is 6. The second-order valence-electron chi connectivity index (χ2n) is 8.22. The summed E-state index contributed by atoms with van der Waals surface area (Å²) in [6, 6.07) is 3.03. The molecule has 0 aromatic carbocycles. The summed E-state index contributed by atoms with van der Waals surface area (Å²) in [7, 11) is -2.41. The van der Waals surface area contributed by atoms with Crippen LogP contribution in [0.4, 0.5) is 13.2 Å². The number of sulfonamides is 1. The topological polar surface area (TPSA) is 122 Å². The Bertz CT molecular complexity index is 1500. The summed E-state index contributed by atoms with van der Waals surface area (Å²) >= 11 is 0. The SMILES string of the molecule is CCn1c(C(F)(F)F)cc2nc(C3=NC=C(C4(C#N)CC4)CC3=NS(=O)(=O)CC)n(C)c2c1=O. The highest BCUT2D eigenvalue weighted by atomic mass is 32.2.